The van der Waals surface area contributed by atoms with Crippen molar-refractivity contribution in [3.63, 3.8) is 0 Å². The summed E-state index contributed by atoms with van der Waals surface area (Å²) >= 11 is 3.41. The molecule has 0 unspecified atom stereocenters. The molecular weight excluding hydrogens is 294 g/mol. The van der Waals surface area contributed by atoms with E-state index in [2.05, 4.69) is 20.9 Å². The number of anilines is 1. The number of hydrogen-bond donors (Lipinski definition) is 1. The van der Waals surface area contributed by atoms with Crippen LogP contribution in [0, 0.1) is 18.3 Å². The monoisotopic (exact) mass is 303 g/mol. The molecule has 0 saturated heterocycles. The molecule has 0 radical (unpaired) electrons. The number of aryl methyl sites for hydroxylation is 1. The third-order valence-electron chi connectivity index (χ3n) is 2.30. The summed E-state index contributed by atoms with van der Waals surface area (Å²) in [6.07, 6.45) is 1.42. The average molecular weight is 304 g/mol. The van der Waals surface area contributed by atoms with E-state index >= 15 is 0 Å². The molecule has 2 aromatic rings. The lowest BCUT2D eigenvalue weighted by atomic mass is 10.2. The standard InChI is InChI=1S/C13H10BrN3O/c1-8-2-3-12(10(14)4-8)18-13-11(16)5-9(6-15)7-17-13/h2-5,7H,16H2,1H3. The molecule has 0 aliphatic heterocycles. The van der Waals surface area contributed by atoms with Crippen LogP contribution in [0.5, 0.6) is 11.6 Å². The molecule has 0 aliphatic rings. The van der Waals surface area contributed by atoms with Crippen LogP contribution >= 0.6 is 15.9 Å². The number of rotatable bonds is 2. The maximum atomic E-state index is 8.72. The molecule has 5 heteroatoms. The van der Waals surface area contributed by atoms with Gasteiger partial charge in [-0.3, -0.25) is 0 Å². The van der Waals surface area contributed by atoms with Gasteiger partial charge < -0.3 is 10.5 Å². The minimum Gasteiger partial charge on any atom is -0.436 e. The first-order valence-electron chi connectivity index (χ1n) is 5.20. The zero-order valence-electron chi connectivity index (χ0n) is 9.64. The number of pyridine rings is 1. The van der Waals surface area contributed by atoms with Crippen LogP contribution in [-0.4, -0.2) is 4.98 Å². The van der Waals surface area contributed by atoms with Gasteiger partial charge in [-0.25, -0.2) is 4.98 Å². The van der Waals surface area contributed by atoms with E-state index in [1.54, 1.807) is 0 Å². The van der Waals surface area contributed by atoms with Crippen molar-refractivity contribution in [3.05, 3.63) is 46.1 Å². The highest BCUT2D eigenvalue weighted by Crippen LogP contribution is 2.31. The summed E-state index contributed by atoms with van der Waals surface area (Å²) in [5.74, 6) is 0.920. The summed E-state index contributed by atoms with van der Waals surface area (Å²) in [6, 6.07) is 9.20. The minimum absolute atomic E-state index is 0.290. The average Bonchev–Trinajstić information content (AvgIpc) is 2.34. The number of hydrogen-bond acceptors (Lipinski definition) is 4. The Morgan fingerprint density at radius 3 is 2.78 bits per heavy atom. The van der Waals surface area contributed by atoms with Gasteiger partial charge in [0, 0.05) is 6.20 Å². The first-order chi connectivity index (χ1) is 8.60. The van der Waals surface area contributed by atoms with Crippen LogP contribution < -0.4 is 10.5 Å². The van der Waals surface area contributed by atoms with E-state index in [0.29, 0.717) is 22.9 Å². The molecule has 1 aromatic heterocycles. The van der Waals surface area contributed by atoms with E-state index in [4.69, 9.17) is 15.7 Å². The van der Waals surface area contributed by atoms with Gasteiger partial charge in [0.25, 0.3) is 0 Å². The van der Waals surface area contributed by atoms with E-state index in [0.717, 1.165) is 10.0 Å². The fraction of sp³-hybridized carbons (Fsp3) is 0.0769. The van der Waals surface area contributed by atoms with Crippen molar-refractivity contribution < 1.29 is 4.74 Å². The van der Waals surface area contributed by atoms with Crippen LogP contribution in [0.4, 0.5) is 5.69 Å². The smallest absolute Gasteiger partial charge is 0.242 e. The highest BCUT2D eigenvalue weighted by Gasteiger charge is 2.08. The highest BCUT2D eigenvalue weighted by atomic mass is 79.9. The number of nitrogens with zero attached hydrogens (tertiary/aromatic N) is 2. The molecule has 18 heavy (non-hydrogen) atoms. The zero-order chi connectivity index (χ0) is 13.1. The van der Waals surface area contributed by atoms with Crippen molar-refractivity contribution in [3.8, 4) is 17.7 Å². The molecule has 0 aliphatic carbocycles. The van der Waals surface area contributed by atoms with E-state index in [1.807, 2.05) is 31.2 Å². The second kappa shape index (κ2) is 5.07. The normalized spacial score (nSPS) is 9.83. The Labute approximate surface area is 113 Å². The van der Waals surface area contributed by atoms with E-state index in [9.17, 15) is 0 Å². The van der Waals surface area contributed by atoms with Crippen LogP contribution in [0.1, 0.15) is 11.1 Å². The van der Waals surface area contributed by atoms with Crippen molar-refractivity contribution >= 4 is 21.6 Å². The van der Waals surface area contributed by atoms with E-state index in [-0.39, 0.29) is 0 Å². The lowest BCUT2D eigenvalue weighted by molar-refractivity contribution is 0.462. The highest BCUT2D eigenvalue weighted by molar-refractivity contribution is 9.10. The van der Waals surface area contributed by atoms with Gasteiger partial charge in [-0.1, -0.05) is 6.07 Å². The van der Waals surface area contributed by atoms with Crippen LogP contribution in [0.15, 0.2) is 34.9 Å². The number of nitriles is 1. The molecule has 2 rings (SSSR count). The molecule has 90 valence electrons. The second-order valence-electron chi connectivity index (χ2n) is 3.77. The Hall–Kier alpha value is -2.06. The molecule has 1 heterocycles. The molecule has 0 atom stereocenters. The zero-order valence-corrected chi connectivity index (χ0v) is 11.2. The first kappa shape index (κ1) is 12.4. The molecule has 0 saturated carbocycles. The van der Waals surface area contributed by atoms with Gasteiger partial charge in [-0.15, -0.1) is 0 Å². The molecule has 1 aromatic carbocycles. The van der Waals surface area contributed by atoms with Crippen molar-refractivity contribution in [2.24, 2.45) is 0 Å². The van der Waals surface area contributed by atoms with Gasteiger partial charge in [0.05, 0.1) is 15.7 Å². The van der Waals surface area contributed by atoms with Crippen LogP contribution in [0.2, 0.25) is 0 Å². The molecule has 0 fully saturated rings. The Kier molecular flexibility index (Phi) is 3.49. The fourth-order valence-corrected chi connectivity index (χ4v) is 1.98. The van der Waals surface area contributed by atoms with Crippen LogP contribution in [0.25, 0.3) is 0 Å². The Balaban J connectivity index is 2.32. The van der Waals surface area contributed by atoms with Crippen molar-refractivity contribution in [2.75, 3.05) is 5.73 Å². The largest absolute Gasteiger partial charge is 0.436 e. The Bertz CT molecular complexity index is 635. The predicted molar refractivity (Wildman–Crippen MR) is 72.3 cm³/mol. The molecule has 4 nitrogen and oxygen atoms in total. The molecule has 0 bridgehead atoms. The summed E-state index contributed by atoms with van der Waals surface area (Å²) < 4.78 is 6.43. The van der Waals surface area contributed by atoms with Crippen molar-refractivity contribution in [2.45, 2.75) is 6.92 Å². The summed E-state index contributed by atoms with van der Waals surface area (Å²) in [7, 11) is 0. The number of nitrogens with two attached hydrogens (primary N) is 1. The number of nitrogen functional groups attached to an aromatic ring is 1. The molecule has 0 spiro atoms. The van der Waals surface area contributed by atoms with Gasteiger partial charge in [0.2, 0.25) is 5.88 Å². The molecule has 2 N–H and O–H groups in total. The van der Waals surface area contributed by atoms with E-state index in [1.165, 1.54) is 12.3 Å². The first-order valence-corrected chi connectivity index (χ1v) is 5.99. The van der Waals surface area contributed by atoms with Crippen molar-refractivity contribution in [1.82, 2.24) is 4.98 Å². The lowest BCUT2D eigenvalue weighted by Crippen LogP contribution is -1.96. The quantitative estimate of drug-likeness (QED) is 0.923. The fourth-order valence-electron chi connectivity index (χ4n) is 1.41. The van der Waals surface area contributed by atoms with Crippen LogP contribution in [0.3, 0.4) is 0 Å². The van der Waals surface area contributed by atoms with Crippen LogP contribution in [-0.2, 0) is 0 Å². The topological polar surface area (TPSA) is 71.9 Å². The Morgan fingerprint density at radius 1 is 1.39 bits per heavy atom. The number of benzene rings is 1. The SMILES string of the molecule is Cc1ccc(Oc2ncc(C#N)cc2N)c(Br)c1. The number of aromatic nitrogens is 1. The van der Waals surface area contributed by atoms with E-state index < -0.39 is 0 Å². The maximum absolute atomic E-state index is 8.72. The third kappa shape index (κ3) is 2.60. The Morgan fingerprint density at radius 2 is 2.17 bits per heavy atom. The summed E-state index contributed by atoms with van der Waals surface area (Å²) in [6.45, 7) is 1.99. The van der Waals surface area contributed by atoms with Gasteiger partial charge in [-0.2, -0.15) is 5.26 Å². The maximum Gasteiger partial charge on any atom is 0.242 e. The molecule has 0 amide bonds. The number of halogens is 1. The van der Waals surface area contributed by atoms with Gasteiger partial charge in [0.15, 0.2) is 0 Å². The van der Waals surface area contributed by atoms with Gasteiger partial charge in [-0.05, 0) is 46.6 Å². The third-order valence-corrected chi connectivity index (χ3v) is 2.92. The summed E-state index contributed by atoms with van der Waals surface area (Å²) in [5, 5.41) is 8.72. The van der Waals surface area contributed by atoms with Gasteiger partial charge >= 0.3 is 0 Å². The summed E-state index contributed by atoms with van der Waals surface area (Å²) in [5.41, 5.74) is 7.63. The number of ether oxygens (including phenoxy) is 1. The lowest BCUT2D eigenvalue weighted by Gasteiger charge is -2.09. The van der Waals surface area contributed by atoms with Crippen molar-refractivity contribution in [1.29, 1.82) is 5.26 Å². The minimum atomic E-state index is 0.290. The van der Waals surface area contributed by atoms with Gasteiger partial charge in [0.1, 0.15) is 11.8 Å². The predicted octanol–water partition coefficient (Wildman–Crippen LogP) is 3.40. The molecular formula is C13H10BrN3O. The second-order valence-corrected chi connectivity index (χ2v) is 4.62. The summed E-state index contributed by atoms with van der Waals surface area (Å²) in [4.78, 5) is 4.02.